The van der Waals surface area contributed by atoms with Gasteiger partial charge < -0.3 is 0 Å². The van der Waals surface area contributed by atoms with Crippen LogP contribution in [0.15, 0.2) is 60.7 Å². The molecule has 0 aliphatic rings. The van der Waals surface area contributed by atoms with Gasteiger partial charge in [-0.05, 0) is 34.8 Å². The lowest BCUT2D eigenvalue weighted by Crippen LogP contribution is -2.43. The minimum atomic E-state index is 0.0807. The van der Waals surface area contributed by atoms with Crippen molar-refractivity contribution in [3.8, 4) is 0 Å². The topological polar surface area (TPSA) is 0 Å². The van der Waals surface area contributed by atoms with Gasteiger partial charge in [0.25, 0.3) is 0 Å². The van der Waals surface area contributed by atoms with Gasteiger partial charge in [0.15, 0.2) is 0 Å². The molecule has 0 N–H and O–H groups in total. The molecule has 0 saturated carbocycles. The van der Waals surface area contributed by atoms with Crippen molar-refractivity contribution in [3.63, 3.8) is 0 Å². The second kappa shape index (κ2) is 7.77. The fourth-order valence-corrected chi connectivity index (χ4v) is 3.93. The van der Waals surface area contributed by atoms with Crippen molar-refractivity contribution in [2.45, 2.75) is 78.1 Å². The first-order valence-electron chi connectivity index (χ1n) is 9.78. The van der Waals surface area contributed by atoms with Crippen molar-refractivity contribution in [3.05, 3.63) is 71.8 Å². The molecule has 0 radical (unpaired) electrons. The van der Waals surface area contributed by atoms with Gasteiger partial charge in [-0.3, -0.25) is 0 Å². The lowest BCUT2D eigenvalue weighted by atomic mass is 9.58. The summed E-state index contributed by atoms with van der Waals surface area (Å²) in [6.45, 7) is 14.3. The standard InChI is InChI=1S/C25H36/c1-23(2,3)19-13-14-20-25(6,22-17-11-8-12-18-22)24(4,5)21-15-9-7-10-16-21/h7-12,15-18H,13-14,19-20H2,1-6H3/t25-/m1/s1. The second-order valence-corrected chi connectivity index (χ2v) is 9.46. The molecule has 0 heterocycles. The number of hydrogen-bond acceptors (Lipinski definition) is 0. The maximum atomic E-state index is 2.46. The molecule has 1 atom stereocenters. The Labute approximate surface area is 155 Å². The monoisotopic (exact) mass is 336 g/mol. The normalized spacial score (nSPS) is 15.0. The van der Waals surface area contributed by atoms with Crippen LogP contribution < -0.4 is 0 Å². The van der Waals surface area contributed by atoms with Gasteiger partial charge in [-0.2, -0.15) is 0 Å². The number of unbranched alkanes of at least 4 members (excludes halogenated alkanes) is 1. The second-order valence-electron chi connectivity index (χ2n) is 9.46. The van der Waals surface area contributed by atoms with Crippen LogP contribution in [0.1, 0.15) is 78.4 Å². The van der Waals surface area contributed by atoms with E-state index in [1.54, 1.807) is 0 Å². The maximum Gasteiger partial charge on any atom is 0.00162 e. The fourth-order valence-electron chi connectivity index (χ4n) is 3.93. The van der Waals surface area contributed by atoms with Crippen molar-refractivity contribution < 1.29 is 0 Å². The zero-order valence-corrected chi connectivity index (χ0v) is 17.1. The molecule has 2 aromatic rings. The summed E-state index contributed by atoms with van der Waals surface area (Å²) in [5.74, 6) is 0. The summed E-state index contributed by atoms with van der Waals surface area (Å²) < 4.78 is 0. The Kier molecular flexibility index (Phi) is 6.14. The van der Waals surface area contributed by atoms with Crippen molar-refractivity contribution in [2.24, 2.45) is 5.41 Å². The lowest BCUT2D eigenvalue weighted by molar-refractivity contribution is 0.242. The fraction of sp³-hybridized carbons (Fsp3) is 0.520. The molecule has 0 nitrogen and oxygen atoms in total. The van der Waals surface area contributed by atoms with E-state index < -0.39 is 0 Å². The molecule has 25 heavy (non-hydrogen) atoms. The highest BCUT2D eigenvalue weighted by Gasteiger charge is 2.42. The summed E-state index contributed by atoms with van der Waals surface area (Å²) >= 11 is 0. The predicted octanol–water partition coefficient (Wildman–Crippen LogP) is 7.53. The molecule has 0 aliphatic heterocycles. The molecule has 0 amide bonds. The van der Waals surface area contributed by atoms with E-state index in [1.165, 1.54) is 36.8 Å². The van der Waals surface area contributed by atoms with Crippen molar-refractivity contribution in [1.29, 1.82) is 0 Å². The maximum absolute atomic E-state index is 2.46. The number of hydrogen-bond donors (Lipinski definition) is 0. The van der Waals surface area contributed by atoms with E-state index in [0.29, 0.717) is 5.41 Å². The Morgan fingerprint density at radius 2 is 1.00 bits per heavy atom. The predicted molar refractivity (Wildman–Crippen MR) is 111 cm³/mol. The number of rotatable bonds is 7. The van der Waals surface area contributed by atoms with E-state index in [1.807, 2.05) is 0 Å². The van der Waals surface area contributed by atoms with Crippen LogP contribution in [0, 0.1) is 5.41 Å². The molecule has 0 unspecified atom stereocenters. The van der Waals surface area contributed by atoms with Crippen molar-refractivity contribution >= 4 is 0 Å². The van der Waals surface area contributed by atoms with Crippen LogP contribution in [-0.4, -0.2) is 0 Å². The summed E-state index contributed by atoms with van der Waals surface area (Å²) in [6, 6.07) is 22.1. The highest BCUT2D eigenvalue weighted by Crippen LogP contribution is 2.47. The highest BCUT2D eigenvalue weighted by atomic mass is 14.5. The SMILES string of the molecule is CC(C)(C)CCCC[C@](C)(c1ccccc1)C(C)(C)c1ccccc1. The first-order valence-corrected chi connectivity index (χ1v) is 9.78. The van der Waals surface area contributed by atoms with E-state index >= 15 is 0 Å². The number of benzene rings is 2. The summed E-state index contributed by atoms with van der Waals surface area (Å²) in [5, 5.41) is 0. The molecule has 0 aliphatic carbocycles. The molecule has 2 rings (SSSR count). The van der Waals surface area contributed by atoms with E-state index in [4.69, 9.17) is 0 Å². The third-order valence-corrected chi connectivity index (χ3v) is 6.14. The van der Waals surface area contributed by atoms with E-state index in [2.05, 4.69) is 102 Å². The van der Waals surface area contributed by atoms with Gasteiger partial charge in [0.05, 0.1) is 0 Å². The van der Waals surface area contributed by atoms with Gasteiger partial charge in [-0.25, -0.2) is 0 Å². The Morgan fingerprint density at radius 1 is 0.560 bits per heavy atom. The summed E-state index contributed by atoms with van der Waals surface area (Å²) in [4.78, 5) is 0. The first kappa shape index (κ1) is 19.8. The molecule has 136 valence electrons. The zero-order valence-electron chi connectivity index (χ0n) is 17.1. The van der Waals surface area contributed by atoms with Crippen LogP contribution in [0.25, 0.3) is 0 Å². The molecular formula is C25H36. The van der Waals surface area contributed by atoms with Crippen LogP contribution in [0.4, 0.5) is 0 Å². The molecule has 0 aromatic heterocycles. The minimum Gasteiger partial charge on any atom is -0.0622 e. The zero-order chi connectivity index (χ0) is 18.6. The average Bonchev–Trinajstić information content (AvgIpc) is 2.59. The average molecular weight is 337 g/mol. The van der Waals surface area contributed by atoms with E-state index in [0.717, 1.165) is 0 Å². The Bertz CT molecular complexity index is 631. The van der Waals surface area contributed by atoms with Gasteiger partial charge in [0, 0.05) is 5.41 Å². The third kappa shape index (κ3) is 4.75. The first-order chi connectivity index (χ1) is 11.7. The Balaban J connectivity index is 2.30. The lowest BCUT2D eigenvalue weighted by Gasteiger charge is -2.46. The molecule has 0 spiro atoms. The minimum absolute atomic E-state index is 0.0807. The molecule has 0 saturated heterocycles. The summed E-state index contributed by atoms with van der Waals surface area (Å²) in [5.41, 5.74) is 3.51. The molecular weight excluding hydrogens is 300 g/mol. The van der Waals surface area contributed by atoms with Crippen LogP contribution in [0.3, 0.4) is 0 Å². The Morgan fingerprint density at radius 3 is 1.48 bits per heavy atom. The van der Waals surface area contributed by atoms with Crippen LogP contribution >= 0.6 is 0 Å². The molecule has 2 aromatic carbocycles. The van der Waals surface area contributed by atoms with Crippen LogP contribution in [-0.2, 0) is 10.8 Å². The Hall–Kier alpha value is -1.56. The molecule has 0 heteroatoms. The summed E-state index contributed by atoms with van der Waals surface area (Å²) in [6.07, 6.45) is 5.09. The highest BCUT2D eigenvalue weighted by molar-refractivity contribution is 5.36. The summed E-state index contributed by atoms with van der Waals surface area (Å²) in [7, 11) is 0. The van der Waals surface area contributed by atoms with Gasteiger partial charge in [0.2, 0.25) is 0 Å². The largest absolute Gasteiger partial charge is 0.0622 e. The van der Waals surface area contributed by atoms with Gasteiger partial charge in [0.1, 0.15) is 0 Å². The van der Waals surface area contributed by atoms with Crippen LogP contribution in [0.2, 0.25) is 0 Å². The third-order valence-electron chi connectivity index (χ3n) is 6.14. The van der Waals surface area contributed by atoms with Crippen molar-refractivity contribution in [1.82, 2.24) is 0 Å². The quantitative estimate of drug-likeness (QED) is 0.458. The van der Waals surface area contributed by atoms with Crippen molar-refractivity contribution in [2.75, 3.05) is 0 Å². The van der Waals surface area contributed by atoms with Gasteiger partial charge >= 0.3 is 0 Å². The molecule has 0 fully saturated rings. The van der Waals surface area contributed by atoms with Gasteiger partial charge in [-0.15, -0.1) is 0 Å². The van der Waals surface area contributed by atoms with Gasteiger partial charge in [-0.1, -0.05) is 115 Å². The van der Waals surface area contributed by atoms with E-state index in [-0.39, 0.29) is 10.8 Å². The smallest absolute Gasteiger partial charge is 0.00162 e. The molecule has 0 bridgehead atoms. The van der Waals surface area contributed by atoms with Crippen LogP contribution in [0.5, 0.6) is 0 Å². The van der Waals surface area contributed by atoms with E-state index in [9.17, 15) is 0 Å².